The summed E-state index contributed by atoms with van der Waals surface area (Å²) in [5.74, 6) is 0.819. The van der Waals surface area contributed by atoms with E-state index in [-0.39, 0.29) is 0 Å². The first-order valence-electron chi connectivity index (χ1n) is 6.87. The lowest BCUT2D eigenvalue weighted by Crippen LogP contribution is -2.01. The summed E-state index contributed by atoms with van der Waals surface area (Å²) in [6, 6.07) is 18.6. The monoisotopic (exact) mass is 278 g/mol. The van der Waals surface area contributed by atoms with Crippen LogP contribution in [0.2, 0.25) is 0 Å². The van der Waals surface area contributed by atoms with E-state index in [0.29, 0.717) is 5.69 Å². The topological polar surface area (TPSA) is 55.9 Å². The fourth-order valence-corrected chi connectivity index (χ4v) is 2.34. The summed E-state index contributed by atoms with van der Waals surface area (Å²) in [4.78, 5) is 0. The summed E-state index contributed by atoms with van der Waals surface area (Å²) in [6.45, 7) is 1.90. The van der Waals surface area contributed by atoms with Crippen LogP contribution in [0.15, 0.2) is 54.6 Å². The van der Waals surface area contributed by atoms with Gasteiger partial charge in [0.05, 0.1) is 11.4 Å². The average molecular weight is 278 g/mol. The van der Waals surface area contributed by atoms with Crippen molar-refractivity contribution in [3.63, 3.8) is 0 Å². The number of hydrogen-bond acceptors (Lipinski definition) is 3. The van der Waals surface area contributed by atoms with Crippen molar-refractivity contribution in [1.82, 2.24) is 9.78 Å². The van der Waals surface area contributed by atoms with Crippen LogP contribution in [0.5, 0.6) is 0 Å². The van der Waals surface area contributed by atoms with E-state index in [4.69, 9.17) is 5.73 Å². The molecule has 0 spiro atoms. The third-order valence-corrected chi connectivity index (χ3v) is 3.52. The van der Waals surface area contributed by atoms with Crippen LogP contribution in [0, 0.1) is 6.92 Å². The van der Waals surface area contributed by atoms with E-state index in [9.17, 15) is 0 Å². The van der Waals surface area contributed by atoms with Gasteiger partial charge in [0, 0.05) is 12.7 Å². The molecule has 2 aromatic carbocycles. The van der Waals surface area contributed by atoms with Gasteiger partial charge in [-0.1, -0.05) is 42.5 Å². The Labute approximate surface area is 124 Å². The molecule has 0 aliphatic heterocycles. The van der Waals surface area contributed by atoms with Crippen LogP contribution >= 0.6 is 0 Å². The molecule has 0 radical (unpaired) electrons. The van der Waals surface area contributed by atoms with Gasteiger partial charge in [-0.05, 0) is 30.2 Å². The summed E-state index contributed by atoms with van der Waals surface area (Å²) < 4.78 is 1.76. The largest absolute Gasteiger partial charge is 0.394 e. The van der Waals surface area contributed by atoms with Crippen molar-refractivity contribution < 1.29 is 0 Å². The highest BCUT2D eigenvalue weighted by atomic mass is 15.3. The molecule has 0 atom stereocenters. The van der Waals surface area contributed by atoms with Crippen molar-refractivity contribution in [1.29, 1.82) is 0 Å². The Morgan fingerprint density at radius 1 is 0.952 bits per heavy atom. The second-order valence-corrected chi connectivity index (χ2v) is 5.04. The van der Waals surface area contributed by atoms with E-state index in [1.807, 2.05) is 44.3 Å². The lowest BCUT2D eigenvalue weighted by molar-refractivity contribution is 0.765. The van der Waals surface area contributed by atoms with Crippen LogP contribution in [0.25, 0.3) is 11.1 Å². The van der Waals surface area contributed by atoms with Gasteiger partial charge in [-0.15, -0.1) is 0 Å². The van der Waals surface area contributed by atoms with Crippen LogP contribution in [-0.4, -0.2) is 9.78 Å². The maximum absolute atomic E-state index is 6.03. The fraction of sp³-hybridized carbons (Fsp3) is 0.118. The van der Waals surface area contributed by atoms with Crippen LogP contribution < -0.4 is 11.1 Å². The molecule has 1 heterocycles. The summed E-state index contributed by atoms with van der Waals surface area (Å²) in [5.41, 5.74) is 10.9. The third kappa shape index (κ3) is 2.60. The van der Waals surface area contributed by atoms with Crippen LogP contribution in [0.1, 0.15) is 5.69 Å². The standard InChI is InChI=1S/C17H18N4/c1-12-16(18)17(21(2)20-12)19-15-10-8-14(9-11-15)13-6-4-3-5-7-13/h3-11,19H,18H2,1-2H3. The van der Waals surface area contributed by atoms with Gasteiger partial charge in [-0.25, -0.2) is 0 Å². The number of aromatic nitrogens is 2. The number of benzene rings is 2. The van der Waals surface area contributed by atoms with Crippen molar-refractivity contribution >= 4 is 17.2 Å². The zero-order valence-corrected chi connectivity index (χ0v) is 12.2. The predicted octanol–water partition coefficient (Wildman–Crippen LogP) is 3.72. The zero-order chi connectivity index (χ0) is 14.8. The molecule has 4 heteroatoms. The quantitative estimate of drug-likeness (QED) is 0.767. The Hall–Kier alpha value is -2.75. The smallest absolute Gasteiger partial charge is 0.152 e. The molecule has 3 aromatic rings. The second-order valence-electron chi connectivity index (χ2n) is 5.04. The van der Waals surface area contributed by atoms with E-state index in [1.165, 1.54) is 11.1 Å². The minimum absolute atomic E-state index is 0.685. The molecule has 1 aromatic heterocycles. The molecular weight excluding hydrogens is 260 g/mol. The molecular formula is C17H18N4. The van der Waals surface area contributed by atoms with Crippen molar-refractivity contribution in [3.05, 3.63) is 60.3 Å². The number of nitrogens with two attached hydrogens (primary N) is 1. The molecule has 3 N–H and O–H groups in total. The van der Waals surface area contributed by atoms with Gasteiger partial charge in [0.25, 0.3) is 0 Å². The molecule has 0 aliphatic rings. The first kappa shape index (κ1) is 13.2. The van der Waals surface area contributed by atoms with E-state index in [2.05, 4.69) is 34.7 Å². The van der Waals surface area contributed by atoms with E-state index >= 15 is 0 Å². The minimum Gasteiger partial charge on any atom is -0.394 e. The van der Waals surface area contributed by atoms with Gasteiger partial charge in [-0.3, -0.25) is 4.68 Å². The van der Waals surface area contributed by atoms with Crippen molar-refractivity contribution in [2.75, 3.05) is 11.1 Å². The first-order chi connectivity index (χ1) is 10.1. The normalized spacial score (nSPS) is 10.6. The SMILES string of the molecule is Cc1nn(C)c(Nc2ccc(-c3ccccc3)cc2)c1N. The molecule has 3 rings (SSSR count). The van der Waals surface area contributed by atoms with Crippen LogP contribution in [-0.2, 0) is 7.05 Å². The number of hydrogen-bond donors (Lipinski definition) is 2. The second kappa shape index (κ2) is 5.32. The molecule has 0 fully saturated rings. The van der Waals surface area contributed by atoms with E-state index in [0.717, 1.165) is 17.2 Å². The average Bonchev–Trinajstić information content (AvgIpc) is 2.75. The molecule has 0 unspecified atom stereocenters. The Morgan fingerprint density at radius 2 is 1.57 bits per heavy atom. The fourth-order valence-electron chi connectivity index (χ4n) is 2.34. The lowest BCUT2D eigenvalue weighted by Gasteiger charge is -2.09. The van der Waals surface area contributed by atoms with Gasteiger partial charge in [0.1, 0.15) is 0 Å². The Balaban J connectivity index is 1.85. The number of nitrogen functional groups attached to an aromatic ring is 1. The van der Waals surface area contributed by atoms with E-state index < -0.39 is 0 Å². The minimum atomic E-state index is 0.685. The summed E-state index contributed by atoms with van der Waals surface area (Å²) in [7, 11) is 1.88. The highest BCUT2D eigenvalue weighted by Gasteiger charge is 2.09. The third-order valence-electron chi connectivity index (χ3n) is 3.52. The molecule has 0 amide bonds. The molecule has 0 saturated carbocycles. The molecule has 0 bridgehead atoms. The van der Waals surface area contributed by atoms with Gasteiger partial charge < -0.3 is 11.1 Å². The number of rotatable bonds is 3. The number of nitrogens with one attached hydrogen (secondary N) is 1. The van der Waals surface area contributed by atoms with Crippen molar-refractivity contribution in [2.24, 2.45) is 7.05 Å². The maximum atomic E-state index is 6.03. The van der Waals surface area contributed by atoms with Crippen LogP contribution in [0.4, 0.5) is 17.2 Å². The highest BCUT2D eigenvalue weighted by molar-refractivity contribution is 5.73. The highest BCUT2D eigenvalue weighted by Crippen LogP contribution is 2.27. The lowest BCUT2D eigenvalue weighted by atomic mass is 10.1. The first-order valence-corrected chi connectivity index (χ1v) is 6.87. The summed E-state index contributed by atoms with van der Waals surface area (Å²) >= 11 is 0. The van der Waals surface area contributed by atoms with Gasteiger partial charge >= 0.3 is 0 Å². The van der Waals surface area contributed by atoms with Gasteiger partial charge in [0.15, 0.2) is 5.82 Å². The van der Waals surface area contributed by atoms with E-state index in [1.54, 1.807) is 4.68 Å². The predicted molar refractivity (Wildman–Crippen MR) is 87.5 cm³/mol. The number of aryl methyl sites for hydroxylation is 2. The Bertz CT molecular complexity index is 742. The summed E-state index contributed by atoms with van der Waals surface area (Å²) in [6.07, 6.45) is 0. The molecule has 0 aliphatic carbocycles. The molecule has 4 nitrogen and oxygen atoms in total. The molecule has 0 saturated heterocycles. The number of nitrogens with zero attached hydrogens (tertiary/aromatic N) is 2. The molecule has 106 valence electrons. The number of anilines is 3. The maximum Gasteiger partial charge on any atom is 0.152 e. The zero-order valence-electron chi connectivity index (χ0n) is 12.2. The summed E-state index contributed by atoms with van der Waals surface area (Å²) in [5, 5.41) is 7.62. The van der Waals surface area contributed by atoms with Gasteiger partial charge in [0.2, 0.25) is 0 Å². The Morgan fingerprint density at radius 3 is 2.14 bits per heavy atom. The van der Waals surface area contributed by atoms with Crippen molar-refractivity contribution in [2.45, 2.75) is 6.92 Å². The van der Waals surface area contributed by atoms with Gasteiger partial charge in [-0.2, -0.15) is 5.10 Å². The van der Waals surface area contributed by atoms with Crippen molar-refractivity contribution in [3.8, 4) is 11.1 Å². The molecule has 21 heavy (non-hydrogen) atoms. The van der Waals surface area contributed by atoms with Crippen LogP contribution in [0.3, 0.4) is 0 Å². The Kier molecular flexibility index (Phi) is 3.36.